The first kappa shape index (κ1) is 34.7. The predicted octanol–water partition coefficient (Wildman–Crippen LogP) is 15.1. The fraction of sp³-hybridized carbons (Fsp3) is 0.0169. The highest BCUT2D eigenvalue weighted by Gasteiger charge is 2.51. The van der Waals surface area contributed by atoms with E-state index in [4.69, 9.17) is 14.4 Å². The van der Waals surface area contributed by atoms with Gasteiger partial charge in [0.25, 0.3) is 0 Å². The number of hydrogen-bond donors (Lipinski definition) is 0. The van der Waals surface area contributed by atoms with E-state index >= 15 is 0 Å². The Morgan fingerprint density at radius 2 is 0.790 bits per heavy atom. The summed E-state index contributed by atoms with van der Waals surface area (Å²) in [7, 11) is 0. The van der Waals surface area contributed by atoms with Gasteiger partial charge in [-0.2, -0.15) is 0 Å². The Hall–Kier alpha value is -8.14. The lowest BCUT2D eigenvalue weighted by Gasteiger charge is -2.30. The molecule has 0 fully saturated rings. The number of furan rings is 1. The molecule has 2 aliphatic carbocycles. The number of benzene rings is 9. The van der Waals surface area contributed by atoms with Crippen LogP contribution >= 0.6 is 0 Å². The van der Waals surface area contributed by atoms with Crippen molar-refractivity contribution in [1.29, 1.82) is 0 Å². The molecule has 288 valence electrons. The maximum Gasteiger partial charge on any atom is 0.160 e. The maximum atomic E-state index is 6.38. The Morgan fingerprint density at radius 1 is 0.306 bits per heavy atom. The molecule has 0 bridgehead atoms. The van der Waals surface area contributed by atoms with Crippen LogP contribution in [0.1, 0.15) is 22.3 Å². The molecule has 3 nitrogen and oxygen atoms in total. The highest BCUT2D eigenvalue weighted by Crippen LogP contribution is 2.63. The van der Waals surface area contributed by atoms with Crippen LogP contribution in [0.4, 0.5) is 0 Å². The molecule has 0 saturated heterocycles. The van der Waals surface area contributed by atoms with Crippen LogP contribution in [0, 0.1) is 0 Å². The molecule has 2 aromatic heterocycles. The fourth-order valence-electron chi connectivity index (χ4n) is 10.4. The maximum absolute atomic E-state index is 6.38. The second kappa shape index (κ2) is 13.4. The van der Waals surface area contributed by atoms with E-state index in [-0.39, 0.29) is 5.41 Å². The minimum atomic E-state index is -0.376. The van der Waals surface area contributed by atoms with Crippen molar-refractivity contribution in [2.24, 2.45) is 0 Å². The molecule has 0 aliphatic heterocycles. The van der Waals surface area contributed by atoms with Crippen LogP contribution in [-0.4, -0.2) is 9.97 Å². The topological polar surface area (TPSA) is 38.9 Å². The molecule has 0 amide bonds. The van der Waals surface area contributed by atoms with Gasteiger partial charge in [-0.1, -0.05) is 200 Å². The minimum Gasteiger partial charge on any atom is -0.455 e. The van der Waals surface area contributed by atoms with Crippen LogP contribution in [0.15, 0.2) is 223 Å². The Balaban J connectivity index is 0.889. The van der Waals surface area contributed by atoms with Gasteiger partial charge in [-0.05, 0) is 79.4 Å². The van der Waals surface area contributed by atoms with Crippen molar-refractivity contribution in [2.45, 2.75) is 5.41 Å². The third-order valence-corrected chi connectivity index (χ3v) is 13.2. The quantitative estimate of drug-likeness (QED) is 0.174. The molecular formula is C59H36N2O. The normalized spacial score (nSPS) is 13.0. The first-order chi connectivity index (χ1) is 30.7. The SMILES string of the molecule is c1ccc(-c2nc(-c3ccc(-c4ccc5c(c4)C4(c6ccccc6-c6ccccc64)c4ccccc4-5)cc3)cc(-c3ccc(-c4cccc5c4oc4ccccc45)cc3)n2)cc1. The molecule has 13 rings (SSSR count). The predicted molar refractivity (Wildman–Crippen MR) is 253 cm³/mol. The van der Waals surface area contributed by atoms with Crippen LogP contribution in [-0.2, 0) is 5.41 Å². The first-order valence-electron chi connectivity index (χ1n) is 21.2. The van der Waals surface area contributed by atoms with E-state index in [1.165, 1.54) is 50.1 Å². The lowest BCUT2D eigenvalue weighted by molar-refractivity contribution is 0.670. The van der Waals surface area contributed by atoms with Crippen molar-refractivity contribution in [1.82, 2.24) is 9.97 Å². The van der Waals surface area contributed by atoms with Crippen LogP contribution in [0.5, 0.6) is 0 Å². The molecule has 11 aromatic rings. The van der Waals surface area contributed by atoms with E-state index in [2.05, 4.69) is 188 Å². The van der Waals surface area contributed by atoms with E-state index in [0.29, 0.717) is 5.82 Å². The Labute approximate surface area is 359 Å². The molecule has 0 radical (unpaired) electrons. The molecule has 0 atom stereocenters. The van der Waals surface area contributed by atoms with Crippen molar-refractivity contribution in [2.75, 3.05) is 0 Å². The smallest absolute Gasteiger partial charge is 0.160 e. The summed E-state index contributed by atoms with van der Waals surface area (Å²) in [6, 6.07) is 78.5. The summed E-state index contributed by atoms with van der Waals surface area (Å²) >= 11 is 0. The number of para-hydroxylation sites is 2. The van der Waals surface area contributed by atoms with Gasteiger partial charge in [-0.3, -0.25) is 0 Å². The first-order valence-corrected chi connectivity index (χ1v) is 21.2. The van der Waals surface area contributed by atoms with Crippen LogP contribution in [0.25, 0.3) is 100 Å². The second-order valence-electron chi connectivity index (χ2n) is 16.4. The zero-order valence-electron chi connectivity index (χ0n) is 33.6. The number of rotatable bonds is 5. The van der Waals surface area contributed by atoms with Gasteiger partial charge < -0.3 is 4.42 Å². The molecule has 0 unspecified atom stereocenters. The monoisotopic (exact) mass is 788 g/mol. The zero-order valence-corrected chi connectivity index (χ0v) is 33.6. The van der Waals surface area contributed by atoms with E-state index in [1.807, 2.05) is 30.3 Å². The number of nitrogens with zero attached hydrogens (tertiary/aromatic N) is 2. The molecule has 0 N–H and O–H groups in total. The van der Waals surface area contributed by atoms with E-state index < -0.39 is 0 Å². The summed E-state index contributed by atoms with van der Waals surface area (Å²) in [5, 5.41) is 2.25. The van der Waals surface area contributed by atoms with Crippen molar-refractivity contribution < 1.29 is 4.42 Å². The average molecular weight is 789 g/mol. The molecular weight excluding hydrogens is 753 g/mol. The average Bonchev–Trinajstić information content (AvgIpc) is 3.98. The van der Waals surface area contributed by atoms with Gasteiger partial charge >= 0.3 is 0 Å². The van der Waals surface area contributed by atoms with Crippen LogP contribution < -0.4 is 0 Å². The Bertz CT molecular complexity index is 3500. The summed E-state index contributed by atoms with van der Waals surface area (Å²) in [5.41, 5.74) is 21.3. The summed E-state index contributed by atoms with van der Waals surface area (Å²) in [6.45, 7) is 0. The highest BCUT2D eigenvalue weighted by atomic mass is 16.3. The molecule has 9 aromatic carbocycles. The molecule has 62 heavy (non-hydrogen) atoms. The van der Waals surface area contributed by atoms with Crippen molar-refractivity contribution >= 4 is 21.9 Å². The summed E-state index contributed by atoms with van der Waals surface area (Å²) < 4.78 is 6.38. The Morgan fingerprint density at radius 3 is 1.44 bits per heavy atom. The highest BCUT2D eigenvalue weighted by molar-refractivity contribution is 6.09. The Kier molecular flexibility index (Phi) is 7.52. The molecule has 2 aliphatic rings. The molecule has 2 heterocycles. The van der Waals surface area contributed by atoms with Crippen molar-refractivity contribution in [3.8, 4) is 78.4 Å². The second-order valence-corrected chi connectivity index (χ2v) is 16.4. The summed E-state index contributed by atoms with van der Waals surface area (Å²) in [6.07, 6.45) is 0. The molecule has 1 spiro atoms. The van der Waals surface area contributed by atoms with Crippen molar-refractivity contribution in [3.63, 3.8) is 0 Å². The number of hydrogen-bond acceptors (Lipinski definition) is 3. The summed E-state index contributed by atoms with van der Waals surface area (Å²) in [4.78, 5) is 10.3. The van der Waals surface area contributed by atoms with Crippen LogP contribution in [0.3, 0.4) is 0 Å². The molecule has 0 saturated carbocycles. The van der Waals surface area contributed by atoms with E-state index in [9.17, 15) is 0 Å². The third-order valence-electron chi connectivity index (χ3n) is 13.2. The lowest BCUT2D eigenvalue weighted by Crippen LogP contribution is -2.25. The van der Waals surface area contributed by atoms with Gasteiger partial charge in [0.05, 0.1) is 16.8 Å². The molecule has 3 heteroatoms. The van der Waals surface area contributed by atoms with Gasteiger partial charge in [0.1, 0.15) is 11.2 Å². The minimum absolute atomic E-state index is 0.376. The third kappa shape index (κ3) is 5.06. The largest absolute Gasteiger partial charge is 0.455 e. The summed E-state index contributed by atoms with van der Waals surface area (Å²) in [5.74, 6) is 0.693. The zero-order chi connectivity index (χ0) is 40.8. The fourth-order valence-corrected chi connectivity index (χ4v) is 10.4. The van der Waals surface area contributed by atoms with Gasteiger partial charge in [0, 0.05) is 33.0 Å². The van der Waals surface area contributed by atoms with Gasteiger partial charge in [-0.15, -0.1) is 0 Å². The van der Waals surface area contributed by atoms with Gasteiger partial charge in [0.15, 0.2) is 5.82 Å². The standard InChI is InChI=1S/C59H36N2O/c1-2-13-41(14-3-1)58-60-54(36-55(61-58)40-31-27-38(28-32-40)43-19-12-20-49-48-18-7-11-24-56(48)62-57(43)49)39-29-25-37(26-30-39)42-33-34-47-46-17-6-10-23-52(46)59(53(47)35-42)50-21-8-4-15-44(50)45-16-5-9-22-51(45)59/h1-36H. The number of aromatic nitrogens is 2. The van der Waals surface area contributed by atoms with Crippen LogP contribution in [0.2, 0.25) is 0 Å². The van der Waals surface area contributed by atoms with Gasteiger partial charge in [-0.25, -0.2) is 9.97 Å². The van der Waals surface area contributed by atoms with E-state index in [1.54, 1.807) is 0 Å². The number of fused-ring (bicyclic) bond motifs is 13. The van der Waals surface area contributed by atoms with Crippen molar-refractivity contribution in [3.05, 3.63) is 241 Å². The van der Waals surface area contributed by atoms with E-state index in [0.717, 1.165) is 66.7 Å². The van der Waals surface area contributed by atoms with Gasteiger partial charge in [0.2, 0.25) is 0 Å². The lowest BCUT2D eigenvalue weighted by atomic mass is 9.70.